The largest absolute Gasteiger partial charge is 0.484 e. The van der Waals surface area contributed by atoms with E-state index in [1.54, 1.807) is 38.1 Å². The van der Waals surface area contributed by atoms with Crippen LogP contribution in [0.5, 0.6) is 5.75 Å². The number of aryl methyl sites for hydroxylation is 2. The topological polar surface area (TPSA) is 93.5 Å². The lowest BCUT2D eigenvalue weighted by atomic mass is 10.2. The molecule has 122 valence electrons. The van der Waals surface area contributed by atoms with Crippen molar-refractivity contribution in [1.82, 2.24) is 10.5 Å². The number of aromatic nitrogens is 1. The maximum absolute atomic E-state index is 12.2. The van der Waals surface area contributed by atoms with Crippen molar-refractivity contribution in [2.75, 3.05) is 18.5 Å². The molecule has 7 heteroatoms. The number of anilines is 1. The molecular formula is C16H19N3O4. The molecule has 0 aliphatic rings. The molecule has 1 aromatic carbocycles. The highest BCUT2D eigenvalue weighted by Gasteiger charge is 2.17. The summed E-state index contributed by atoms with van der Waals surface area (Å²) >= 11 is 0. The second-order valence-electron chi connectivity index (χ2n) is 4.92. The van der Waals surface area contributed by atoms with E-state index >= 15 is 0 Å². The van der Waals surface area contributed by atoms with Gasteiger partial charge in [-0.15, -0.1) is 0 Å². The summed E-state index contributed by atoms with van der Waals surface area (Å²) in [5, 5.41) is 9.16. The number of nitrogens with zero attached hydrogens (tertiary/aromatic N) is 1. The second kappa shape index (κ2) is 7.44. The first-order valence-electron chi connectivity index (χ1n) is 7.25. The van der Waals surface area contributed by atoms with Crippen LogP contribution in [0.2, 0.25) is 0 Å². The Kier molecular flexibility index (Phi) is 5.35. The van der Waals surface area contributed by atoms with Crippen LogP contribution in [0.25, 0.3) is 0 Å². The van der Waals surface area contributed by atoms with Gasteiger partial charge in [0, 0.05) is 12.2 Å². The number of likely N-dealkylation sites (N-methyl/N-ethyl adjacent to an activating group) is 1. The first-order valence-corrected chi connectivity index (χ1v) is 7.25. The van der Waals surface area contributed by atoms with E-state index in [2.05, 4.69) is 15.8 Å². The molecule has 2 N–H and O–H groups in total. The van der Waals surface area contributed by atoms with Crippen molar-refractivity contribution in [2.24, 2.45) is 0 Å². The third-order valence-electron chi connectivity index (χ3n) is 3.12. The molecule has 0 unspecified atom stereocenters. The Balaban J connectivity index is 1.95. The van der Waals surface area contributed by atoms with Crippen LogP contribution in [0.4, 0.5) is 5.69 Å². The van der Waals surface area contributed by atoms with E-state index in [9.17, 15) is 9.59 Å². The molecule has 0 spiro atoms. The molecule has 1 aromatic heterocycles. The zero-order chi connectivity index (χ0) is 16.8. The molecule has 0 saturated carbocycles. The molecule has 2 aromatic rings. The van der Waals surface area contributed by atoms with Gasteiger partial charge in [0.05, 0.1) is 5.69 Å². The molecule has 23 heavy (non-hydrogen) atoms. The van der Waals surface area contributed by atoms with Crippen LogP contribution in [0.3, 0.4) is 0 Å². The first-order chi connectivity index (χ1) is 11.0. The Morgan fingerprint density at radius 1 is 1.22 bits per heavy atom. The summed E-state index contributed by atoms with van der Waals surface area (Å²) in [7, 11) is 0. The quantitative estimate of drug-likeness (QED) is 0.850. The minimum atomic E-state index is -0.280. The third-order valence-corrected chi connectivity index (χ3v) is 3.12. The Labute approximate surface area is 134 Å². The molecule has 0 aliphatic carbocycles. The van der Waals surface area contributed by atoms with Crippen LogP contribution >= 0.6 is 0 Å². The molecule has 0 aliphatic heterocycles. The van der Waals surface area contributed by atoms with Crippen molar-refractivity contribution in [3.8, 4) is 5.75 Å². The smallest absolute Gasteiger partial charge is 0.261 e. The fourth-order valence-electron chi connectivity index (χ4n) is 2.03. The number of amides is 2. The molecule has 1 heterocycles. The van der Waals surface area contributed by atoms with Crippen LogP contribution in [0.1, 0.15) is 28.7 Å². The number of hydrogen-bond acceptors (Lipinski definition) is 5. The van der Waals surface area contributed by atoms with E-state index < -0.39 is 0 Å². The average Bonchev–Trinajstić information content (AvgIpc) is 2.86. The van der Waals surface area contributed by atoms with E-state index in [1.165, 1.54) is 0 Å². The van der Waals surface area contributed by atoms with Gasteiger partial charge in [0.25, 0.3) is 11.8 Å². The molecule has 2 amide bonds. The Morgan fingerprint density at radius 3 is 2.48 bits per heavy atom. The van der Waals surface area contributed by atoms with E-state index in [-0.39, 0.29) is 18.4 Å². The van der Waals surface area contributed by atoms with Crippen molar-refractivity contribution >= 4 is 17.5 Å². The molecule has 0 bridgehead atoms. The van der Waals surface area contributed by atoms with Crippen molar-refractivity contribution in [3.05, 3.63) is 41.3 Å². The van der Waals surface area contributed by atoms with Crippen LogP contribution in [-0.2, 0) is 4.79 Å². The summed E-state index contributed by atoms with van der Waals surface area (Å²) in [6.07, 6.45) is 0. The zero-order valence-corrected chi connectivity index (χ0v) is 13.3. The lowest BCUT2D eigenvalue weighted by Gasteiger charge is -2.08. The van der Waals surface area contributed by atoms with E-state index in [4.69, 9.17) is 9.26 Å². The SMILES string of the molecule is CCNC(=O)COc1ccc(NC(=O)c2c(C)noc2C)cc1. The van der Waals surface area contributed by atoms with Gasteiger partial charge in [0.1, 0.15) is 17.1 Å². The lowest BCUT2D eigenvalue weighted by Crippen LogP contribution is -2.28. The summed E-state index contributed by atoms with van der Waals surface area (Å²) in [5.74, 6) is 0.564. The normalized spacial score (nSPS) is 10.2. The molecule has 7 nitrogen and oxygen atoms in total. The fourth-order valence-corrected chi connectivity index (χ4v) is 2.03. The van der Waals surface area contributed by atoms with Gasteiger partial charge < -0.3 is 19.9 Å². The van der Waals surface area contributed by atoms with Gasteiger partial charge in [-0.25, -0.2) is 0 Å². The summed E-state index contributed by atoms with van der Waals surface area (Å²) in [6, 6.07) is 6.76. The van der Waals surface area contributed by atoms with Crippen LogP contribution in [-0.4, -0.2) is 30.1 Å². The van der Waals surface area contributed by atoms with Crippen molar-refractivity contribution in [3.63, 3.8) is 0 Å². The number of nitrogens with one attached hydrogen (secondary N) is 2. The van der Waals surface area contributed by atoms with Crippen molar-refractivity contribution in [2.45, 2.75) is 20.8 Å². The predicted molar refractivity (Wildman–Crippen MR) is 84.6 cm³/mol. The molecule has 2 rings (SSSR count). The average molecular weight is 317 g/mol. The maximum atomic E-state index is 12.2. The minimum absolute atomic E-state index is 0.0430. The Morgan fingerprint density at radius 2 is 1.91 bits per heavy atom. The summed E-state index contributed by atoms with van der Waals surface area (Å²) < 4.78 is 10.3. The Hall–Kier alpha value is -2.83. The van der Waals surface area contributed by atoms with E-state index in [0.29, 0.717) is 35.0 Å². The fraction of sp³-hybridized carbons (Fsp3) is 0.312. The highest BCUT2D eigenvalue weighted by atomic mass is 16.5. The van der Waals surface area contributed by atoms with E-state index in [1.807, 2.05) is 6.92 Å². The number of rotatable bonds is 6. The highest BCUT2D eigenvalue weighted by molar-refractivity contribution is 6.05. The van der Waals surface area contributed by atoms with Crippen LogP contribution in [0, 0.1) is 13.8 Å². The second-order valence-corrected chi connectivity index (χ2v) is 4.92. The minimum Gasteiger partial charge on any atom is -0.484 e. The van der Waals surface area contributed by atoms with Gasteiger partial charge in [-0.1, -0.05) is 5.16 Å². The maximum Gasteiger partial charge on any atom is 0.261 e. The van der Waals surface area contributed by atoms with Gasteiger partial charge >= 0.3 is 0 Å². The van der Waals surface area contributed by atoms with Crippen molar-refractivity contribution < 1.29 is 18.8 Å². The number of benzene rings is 1. The lowest BCUT2D eigenvalue weighted by molar-refractivity contribution is -0.122. The summed E-state index contributed by atoms with van der Waals surface area (Å²) in [4.78, 5) is 23.5. The molecule has 0 radical (unpaired) electrons. The first kappa shape index (κ1) is 16.5. The van der Waals surface area contributed by atoms with Crippen molar-refractivity contribution in [1.29, 1.82) is 0 Å². The zero-order valence-electron chi connectivity index (χ0n) is 13.3. The van der Waals surface area contributed by atoms with Gasteiger partial charge in [-0.2, -0.15) is 0 Å². The molecule has 0 fully saturated rings. The number of ether oxygens (including phenoxy) is 1. The number of carbonyl (C=O) groups is 2. The third kappa shape index (κ3) is 4.32. The van der Waals surface area contributed by atoms with E-state index in [0.717, 1.165) is 0 Å². The van der Waals surface area contributed by atoms with Gasteiger partial charge in [-0.05, 0) is 45.0 Å². The molecule has 0 atom stereocenters. The predicted octanol–water partition coefficient (Wildman–Crippen LogP) is 2.06. The summed E-state index contributed by atoms with van der Waals surface area (Å²) in [6.45, 7) is 5.76. The molecule has 0 saturated heterocycles. The Bertz CT molecular complexity index is 672. The number of hydrogen-bond donors (Lipinski definition) is 2. The van der Waals surface area contributed by atoms with Crippen LogP contribution < -0.4 is 15.4 Å². The van der Waals surface area contributed by atoms with Gasteiger partial charge in [0.2, 0.25) is 0 Å². The highest BCUT2D eigenvalue weighted by Crippen LogP contribution is 2.18. The van der Waals surface area contributed by atoms with Gasteiger partial charge in [-0.3, -0.25) is 9.59 Å². The number of carbonyl (C=O) groups excluding carboxylic acids is 2. The van der Waals surface area contributed by atoms with Crippen LogP contribution in [0.15, 0.2) is 28.8 Å². The molecular weight excluding hydrogens is 298 g/mol. The summed E-state index contributed by atoms with van der Waals surface area (Å²) in [5.41, 5.74) is 1.59. The van der Waals surface area contributed by atoms with Gasteiger partial charge in [0.15, 0.2) is 6.61 Å². The monoisotopic (exact) mass is 317 g/mol. The standard InChI is InChI=1S/C16H19N3O4/c1-4-17-14(20)9-22-13-7-5-12(6-8-13)18-16(21)15-10(2)19-23-11(15)3/h5-8H,4,9H2,1-3H3,(H,17,20)(H,18,21).